The highest BCUT2D eigenvalue weighted by Gasteiger charge is 2.16. The molecule has 0 saturated carbocycles. The second kappa shape index (κ2) is 4.13. The molecule has 17 heavy (non-hydrogen) atoms. The summed E-state index contributed by atoms with van der Waals surface area (Å²) in [6.45, 7) is 0. The van der Waals surface area contributed by atoms with E-state index >= 15 is 0 Å². The number of aromatic nitrogens is 3. The zero-order valence-corrected chi connectivity index (χ0v) is 9.56. The van der Waals surface area contributed by atoms with E-state index < -0.39 is 0 Å². The van der Waals surface area contributed by atoms with Crippen LogP contribution in [-0.4, -0.2) is 15.0 Å². The lowest BCUT2D eigenvalue weighted by atomic mass is 9.96. The Morgan fingerprint density at radius 1 is 1.06 bits per heavy atom. The van der Waals surface area contributed by atoms with Crippen LogP contribution in [0.2, 0.25) is 0 Å². The number of fused-ring (bicyclic) bond motifs is 1. The zero-order chi connectivity index (χ0) is 11.7. The summed E-state index contributed by atoms with van der Waals surface area (Å²) in [4.78, 5) is 13.2. The molecule has 0 aromatic carbocycles. The Hall–Kier alpha value is -1.97. The number of hydrogen-bond acceptors (Lipinski definition) is 4. The molecule has 0 amide bonds. The van der Waals surface area contributed by atoms with E-state index in [1.54, 1.807) is 6.20 Å². The van der Waals surface area contributed by atoms with Crippen molar-refractivity contribution in [2.75, 3.05) is 5.73 Å². The van der Waals surface area contributed by atoms with Gasteiger partial charge in [0.15, 0.2) is 5.82 Å². The lowest BCUT2D eigenvalue weighted by Gasteiger charge is -2.16. The van der Waals surface area contributed by atoms with Gasteiger partial charge < -0.3 is 5.73 Å². The molecule has 2 N–H and O–H groups in total. The molecule has 0 bridgehead atoms. The quantitative estimate of drug-likeness (QED) is 0.807. The predicted molar refractivity (Wildman–Crippen MR) is 66.3 cm³/mol. The number of anilines is 1. The minimum Gasteiger partial charge on any atom is -0.383 e. The molecule has 0 atom stereocenters. The van der Waals surface area contributed by atoms with Gasteiger partial charge in [-0.05, 0) is 37.8 Å². The van der Waals surface area contributed by atoms with Crippen LogP contribution in [0.15, 0.2) is 24.4 Å². The van der Waals surface area contributed by atoms with Gasteiger partial charge >= 0.3 is 0 Å². The van der Waals surface area contributed by atoms with Crippen LogP contribution in [0.5, 0.6) is 0 Å². The molecule has 0 spiro atoms. The molecule has 0 radical (unpaired) electrons. The summed E-state index contributed by atoms with van der Waals surface area (Å²) in [5, 5.41) is 0. The second-order valence-electron chi connectivity index (χ2n) is 4.28. The highest BCUT2D eigenvalue weighted by atomic mass is 15.0. The zero-order valence-electron chi connectivity index (χ0n) is 9.56. The highest BCUT2D eigenvalue weighted by molar-refractivity contribution is 5.55. The van der Waals surface area contributed by atoms with Crippen molar-refractivity contribution in [2.45, 2.75) is 25.7 Å². The molecule has 0 aliphatic heterocycles. The average molecular weight is 226 g/mol. The molecule has 3 rings (SSSR count). The summed E-state index contributed by atoms with van der Waals surface area (Å²) >= 11 is 0. The number of hydrogen-bond donors (Lipinski definition) is 1. The van der Waals surface area contributed by atoms with E-state index in [1.807, 2.05) is 18.2 Å². The fraction of sp³-hybridized carbons (Fsp3) is 0.308. The van der Waals surface area contributed by atoms with Gasteiger partial charge in [-0.15, -0.1) is 0 Å². The van der Waals surface area contributed by atoms with Gasteiger partial charge in [0.1, 0.15) is 11.5 Å². The Balaban J connectivity index is 2.11. The average Bonchev–Trinajstić information content (AvgIpc) is 2.40. The van der Waals surface area contributed by atoms with Crippen molar-refractivity contribution in [1.29, 1.82) is 0 Å². The molecule has 86 valence electrons. The summed E-state index contributed by atoms with van der Waals surface area (Å²) < 4.78 is 0. The van der Waals surface area contributed by atoms with Crippen LogP contribution in [0.3, 0.4) is 0 Å². The summed E-state index contributed by atoms with van der Waals surface area (Å²) in [6, 6.07) is 5.72. The van der Waals surface area contributed by atoms with Gasteiger partial charge in [0.05, 0.1) is 0 Å². The molecule has 1 aliphatic carbocycles. The minimum absolute atomic E-state index is 0.621. The van der Waals surface area contributed by atoms with Crippen molar-refractivity contribution >= 4 is 5.82 Å². The Kier molecular flexibility index (Phi) is 2.48. The van der Waals surface area contributed by atoms with Gasteiger partial charge in [0.2, 0.25) is 0 Å². The first-order chi connectivity index (χ1) is 8.34. The number of pyridine rings is 1. The maximum absolute atomic E-state index is 6.00. The summed E-state index contributed by atoms with van der Waals surface area (Å²) in [7, 11) is 0. The van der Waals surface area contributed by atoms with Gasteiger partial charge in [-0.2, -0.15) is 0 Å². The maximum atomic E-state index is 6.00. The highest BCUT2D eigenvalue weighted by Crippen LogP contribution is 2.25. The largest absolute Gasteiger partial charge is 0.383 e. The summed E-state index contributed by atoms with van der Waals surface area (Å²) in [5.41, 5.74) is 9.02. The normalized spacial score (nSPS) is 14.4. The number of rotatable bonds is 1. The second-order valence-corrected chi connectivity index (χ2v) is 4.28. The lowest BCUT2D eigenvalue weighted by Crippen LogP contribution is -2.12. The van der Waals surface area contributed by atoms with Crippen LogP contribution >= 0.6 is 0 Å². The van der Waals surface area contributed by atoms with E-state index in [2.05, 4.69) is 15.0 Å². The SMILES string of the molecule is Nc1nc(-c2ccccn2)nc2c1CCCC2. The van der Waals surface area contributed by atoms with E-state index in [0.717, 1.165) is 29.8 Å². The van der Waals surface area contributed by atoms with E-state index in [1.165, 1.54) is 12.8 Å². The lowest BCUT2D eigenvalue weighted by molar-refractivity contribution is 0.665. The smallest absolute Gasteiger partial charge is 0.180 e. The van der Waals surface area contributed by atoms with Crippen LogP contribution in [-0.2, 0) is 12.8 Å². The molecule has 0 unspecified atom stereocenters. The van der Waals surface area contributed by atoms with Crippen molar-refractivity contribution in [2.24, 2.45) is 0 Å². The Labute approximate surface area is 99.9 Å². The van der Waals surface area contributed by atoms with Gasteiger partial charge in [-0.3, -0.25) is 4.98 Å². The molecular weight excluding hydrogens is 212 g/mol. The third kappa shape index (κ3) is 1.86. The fourth-order valence-electron chi connectivity index (χ4n) is 2.23. The fourth-order valence-corrected chi connectivity index (χ4v) is 2.23. The molecule has 2 aromatic rings. The van der Waals surface area contributed by atoms with Crippen LogP contribution in [0.4, 0.5) is 5.82 Å². The Morgan fingerprint density at radius 2 is 1.94 bits per heavy atom. The first kappa shape index (κ1) is 10.2. The molecule has 2 heterocycles. The molecule has 0 saturated heterocycles. The standard InChI is InChI=1S/C13H14N4/c14-12-9-5-1-2-6-10(9)16-13(17-12)11-7-3-4-8-15-11/h3-4,7-8H,1-2,5-6H2,(H2,14,16,17). The summed E-state index contributed by atoms with van der Waals surface area (Å²) in [6.07, 6.45) is 6.12. The van der Waals surface area contributed by atoms with Gasteiger partial charge in [-0.1, -0.05) is 6.07 Å². The number of aryl methyl sites for hydroxylation is 1. The first-order valence-corrected chi connectivity index (χ1v) is 5.91. The molecule has 2 aromatic heterocycles. The molecule has 1 aliphatic rings. The topological polar surface area (TPSA) is 64.7 Å². The monoisotopic (exact) mass is 226 g/mol. The molecule has 0 fully saturated rings. The van der Waals surface area contributed by atoms with Gasteiger partial charge in [0, 0.05) is 17.5 Å². The van der Waals surface area contributed by atoms with E-state index in [-0.39, 0.29) is 0 Å². The van der Waals surface area contributed by atoms with Crippen molar-refractivity contribution in [3.63, 3.8) is 0 Å². The summed E-state index contributed by atoms with van der Waals surface area (Å²) in [5.74, 6) is 1.26. The number of nitrogens with two attached hydrogens (primary N) is 1. The Bertz CT molecular complexity index is 537. The number of nitrogens with zero attached hydrogens (tertiary/aromatic N) is 3. The van der Waals surface area contributed by atoms with Crippen molar-refractivity contribution in [3.8, 4) is 11.5 Å². The Morgan fingerprint density at radius 3 is 2.76 bits per heavy atom. The van der Waals surface area contributed by atoms with E-state index in [9.17, 15) is 0 Å². The van der Waals surface area contributed by atoms with E-state index in [4.69, 9.17) is 5.73 Å². The van der Waals surface area contributed by atoms with E-state index in [0.29, 0.717) is 11.6 Å². The maximum Gasteiger partial charge on any atom is 0.180 e. The van der Waals surface area contributed by atoms with Crippen molar-refractivity contribution in [3.05, 3.63) is 35.7 Å². The van der Waals surface area contributed by atoms with Gasteiger partial charge in [0.25, 0.3) is 0 Å². The molecular formula is C13H14N4. The third-order valence-electron chi connectivity index (χ3n) is 3.11. The molecule has 4 nitrogen and oxygen atoms in total. The third-order valence-corrected chi connectivity index (χ3v) is 3.11. The van der Waals surface area contributed by atoms with Crippen LogP contribution in [0.25, 0.3) is 11.5 Å². The molecule has 4 heteroatoms. The van der Waals surface area contributed by atoms with Crippen molar-refractivity contribution < 1.29 is 0 Å². The first-order valence-electron chi connectivity index (χ1n) is 5.91. The van der Waals surface area contributed by atoms with Crippen molar-refractivity contribution in [1.82, 2.24) is 15.0 Å². The van der Waals surface area contributed by atoms with Crippen LogP contribution in [0.1, 0.15) is 24.1 Å². The number of nitrogen functional groups attached to an aromatic ring is 1. The predicted octanol–water partition coefficient (Wildman–Crippen LogP) is 2.00. The van der Waals surface area contributed by atoms with Crippen LogP contribution < -0.4 is 5.73 Å². The minimum atomic E-state index is 0.621. The van der Waals surface area contributed by atoms with Crippen LogP contribution in [0, 0.1) is 0 Å². The van der Waals surface area contributed by atoms with Gasteiger partial charge in [-0.25, -0.2) is 9.97 Å².